The molecule has 0 aromatic heterocycles. The predicted octanol–water partition coefficient (Wildman–Crippen LogP) is 0.231. The molecule has 0 rings (SSSR count). The smallest absolute Gasteiger partial charge is 0.233 e. The third-order valence-corrected chi connectivity index (χ3v) is 1.73. The molecule has 4 N–H and O–H groups in total. The molecule has 0 aromatic carbocycles. The monoisotopic (exact) mass is 203 g/mol. The van der Waals surface area contributed by atoms with Crippen LogP contribution in [0.15, 0.2) is 0 Å². The van der Waals surface area contributed by atoms with Gasteiger partial charge in [0, 0.05) is 9.29 Å². The maximum atomic E-state index is 11.3. The molecule has 0 fully saturated rings. The lowest BCUT2D eigenvalue weighted by Gasteiger charge is -2.05. The minimum absolute atomic E-state index is 0.0152. The summed E-state index contributed by atoms with van der Waals surface area (Å²) < 4.78 is 15.2. The molecular weight excluding hydrogens is 178 g/mol. The van der Waals surface area contributed by atoms with Crippen molar-refractivity contribution in [1.29, 1.82) is 0 Å². The summed E-state index contributed by atoms with van der Waals surface area (Å²) in [7, 11) is 0. The highest BCUT2D eigenvalue weighted by molar-refractivity contribution is 5.77. The van der Waals surface area contributed by atoms with Crippen LogP contribution >= 0.6 is 0 Å². The van der Waals surface area contributed by atoms with Crippen molar-refractivity contribution in [2.45, 2.75) is 32.6 Å². The van der Waals surface area contributed by atoms with Crippen LogP contribution in [0, 0.1) is 0 Å². The summed E-state index contributed by atoms with van der Waals surface area (Å²) in [5, 5.41) is 5.27. The van der Waals surface area contributed by atoms with Gasteiger partial charge >= 0.3 is 0 Å². The lowest BCUT2D eigenvalue weighted by molar-refractivity contribution is -0.120. The number of carbonyl (C=O) groups excluding carboxylic acids is 1. The van der Waals surface area contributed by atoms with E-state index in [-0.39, 0.29) is 12.5 Å². The summed E-state index contributed by atoms with van der Waals surface area (Å²) in [6, 6.07) is 0. The number of rotatable bonds is 9. The normalized spacial score (nSPS) is 13.3. The van der Waals surface area contributed by atoms with Gasteiger partial charge in [0.05, 0.1) is 6.54 Å². The molecule has 0 bridgehead atoms. The van der Waals surface area contributed by atoms with E-state index in [9.17, 15) is 4.79 Å². The Kier molecular flexibility index (Phi) is 7.42. The van der Waals surface area contributed by atoms with Gasteiger partial charge in [-0.05, 0) is 25.9 Å². The average molecular weight is 203 g/mol. The summed E-state index contributed by atoms with van der Waals surface area (Å²) >= 11 is 0. The molecule has 0 aromatic rings. The molecule has 0 heterocycles. The van der Waals surface area contributed by atoms with E-state index in [1.54, 1.807) is 0 Å². The van der Waals surface area contributed by atoms with Crippen LogP contribution in [0.1, 0.15) is 35.3 Å². The quantitative estimate of drug-likeness (QED) is 0.470. The van der Waals surface area contributed by atoms with Crippen LogP contribution in [-0.4, -0.2) is 32.0 Å². The van der Waals surface area contributed by atoms with Gasteiger partial charge in [-0.15, -0.1) is 0 Å². The van der Waals surface area contributed by atoms with E-state index in [1.165, 1.54) is 0 Å². The molecule has 14 heavy (non-hydrogen) atoms. The second-order valence-electron chi connectivity index (χ2n) is 3.13. The maximum absolute atomic E-state index is 11.3. The number of amides is 1. The Balaban J connectivity index is 3.64. The van der Waals surface area contributed by atoms with Gasteiger partial charge in [-0.2, -0.15) is 0 Å². The Morgan fingerprint density at radius 3 is 2.86 bits per heavy atom. The zero-order chi connectivity index (χ0) is 12.4. The summed E-state index contributed by atoms with van der Waals surface area (Å²) in [5.41, 5.74) is 5.29. The van der Waals surface area contributed by atoms with E-state index >= 15 is 0 Å². The van der Waals surface area contributed by atoms with E-state index in [0.29, 0.717) is 19.5 Å². The van der Waals surface area contributed by atoms with Crippen molar-refractivity contribution in [1.82, 2.24) is 10.6 Å². The number of nitrogens with two attached hydrogens (primary N) is 1. The van der Waals surface area contributed by atoms with Crippen molar-refractivity contribution in [3.8, 4) is 0 Å². The van der Waals surface area contributed by atoms with E-state index in [4.69, 9.17) is 8.48 Å². The Bertz CT molecular complexity index is 201. The van der Waals surface area contributed by atoms with Gasteiger partial charge in [0.15, 0.2) is 0 Å². The molecule has 0 aliphatic rings. The summed E-state index contributed by atoms with van der Waals surface area (Å²) in [4.78, 5) is 11.3. The molecule has 0 unspecified atom stereocenters. The molecule has 0 aliphatic heterocycles. The van der Waals surface area contributed by atoms with Crippen molar-refractivity contribution < 1.29 is 7.54 Å². The molecule has 4 heteroatoms. The van der Waals surface area contributed by atoms with Crippen molar-refractivity contribution in [2.24, 2.45) is 5.73 Å². The maximum Gasteiger partial charge on any atom is 0.233 e. The first-order valence-corrected chi connectivity index (χ1v) is 5.23. The fourth-order valence-electron chi connectivity index (χ4n) is 0.889. The highest BCUT2D eigenvalue weighted by atomic mass is 16.1. The second kappa shape index (κ2) is 10.5. The van der Waals surface area contributed by atoms with Gasteiger partial charge in [-0.25, -0.2) is 0 Å². The molecule has 1 amide bonds. The summed E-state index contributed by atoms with van der Waals surface area (Å²) in [6.45, 7) is 1.66. The minimum atomic E-state index is -1.46. The van der Waals surface area contributed by atoms with Crippen LogP contribution in [0.3, 0.4) is 0 Å². The predicted molar refractivity (Wildman–Crippen MR) is 59.1 cm³/mol. The number of nitrogens with one attached hydrogen (secondary N) is 2. The Hall–Kier alpha value is -0.610. The van der Waals surface area contributed by atoms with Gasteiger partial charge in [0.25, 0.3) is 0 Å². The molecule has 0 radical (unpaired) electrons. The van der Waals surface area contributed by atoms with Crippen LogP contribution in [0.25, 0.3) is 0 Å². The van der Waals surface area contributed by atoms with Crippen molar-refractivity contribution in [2.75, 3.05) is 26.1 Å². The minimum Gasteiger partial charge on any atom is -0.355 e. The van der Waals surface area contributed by atoms with Gasteiger partial charge < -0.3 is 16.4 Å². The van der Waals surface area contributed by atoms with Gasteiger partial charge in [0.2, 0.25) is 5.91 Å². The second-order valence-corrected chi connectivity index (χ2v) is 3.13. The highest BCUT2D eigenvalue weighted by Crippen LogP contribution is 1.90. The van der Waals surface area contributed by atoms with Crippen molar-refractivity contribution >= 4 is 5.91 Å². The Labute approximate surface area is 89.4 Å². The lowest BCUT2D eigenvalue weighted by atomic mass is 10.2. The highest BCUT2D eigenvalue weighted by Gasteiger charge is 1.97. The third-order valence-electron chi connectivity index (χ3n) is 1.73. The molecule has 84 valence electrons. The standard InChI is InChI=1S/C10H23N3O/c1-2-3-4-7-12-9-10(14)13-8-5-6-11/h12H,2-9,11H2,1H3,(H,13,14)/i7D2. The average Bonchev–Trinajstić information content (AvgIpc) is 2.24. The van der Waals surface area contributed by atoms with Crippen LogP contribution in [0.5, 0.6) is 0 Å². The van der Waals surface area contributed by atoms with E-state index < -0.39 is 6.50 Å². The van der Waals surface area contributed by atoms with Crippen LogP contribution in [0.2, 0.25) is 0 Å². The summed E-state index contributed by atoms with van der Waals surface area (Å²) in [6.07, 6.45) is 2.94. The fourth-order valence-corrected chi connectivity index (χ4v) is 0.889. The number of carbonyl (C=O) groups is 1. The largest absolute Gasteiger partial charge is 0.355 e. The van der Waals surface area contributed by atoms with Crippen LogP contribution in [0.4, 0.5) is 0 Å². The van der Waals surface area contributed by atoms with Crippen LogP contribution < -0.4 is 16.4 Å². The number of unbranched alkanes of at least 4 members (excludes halogenated alkanes) is 1. The molecule has 0 atom stereocenters. The van der Waals surface area contributed by atoms with Crippen molar-refractivity contribution in [3.63, 3.8) is 0 Å². The SMILES string of the molecule is [2H]C([2H])(CCCC)NCC(=O)NCCCN. The molecular formula is C10H23N3O. The molecule has 0 saturated carbocycles. The van der Waals surface area contributed by atoms with E-state index in [2.05, 4.69) is 10.6 Å². The number of hydrogen-bond acceptors (Lipinski definition) is 3. The van der Waals surface area contributed by atoms with Gasteiger partial charge in [0.1, 0.15) is 0 Å². The third kappa shape index (κ3) is 9.48. The van der Waals surface area contributed by atoms with Gasteiger partial charge in [-0.3, -0.25) is 4.79 Å². The first kappa shape index (κ1) is 9.93. The summed E-state index contributed by atoms with van der Waals surface area (Å²) in [5.74, 6) is -0.186. The molecule has 0 spiro atoms. The first-order chi connectivity index (χ1) is 7.52. The molecule has 4 nitrogen and oxygen atoms in total. The molecule has 0 aliphatic carbocycles. The van der Waals surface area contributed by atoms with E-state index in [1.807, 2.05) is 6.92 Å². The van der Waals surface area contributed by atoms with Crippen LogP contribution in [-0.2, 0) is 4.79 Å². The number of hydrogen-bond donors (Lipinski definition) is 3. The molecule has 0 saturated heterocycles. The zero-order valence-electron chi connectivity index (χ0n) is 10.9. The van der Waals surface area contributed by atoms with Gasteiger partial charge in [-0.1, -0.05) is 19.8 Å². The first-order valence-electron chi connectivity index (χ1n) is 6.23. The lowest BCUT2D eigenvalue weighted by Crippen LogP contribution is -2.35. The topological polar surface area (TPSA) is 67.2 Å². The van der Waals surface area contributed by atoms with E-state index in [0.717, 1.165) is 19.3 Å². The van der Waals surface area contributed by atoms with Crippen molar-refractivity contribution in [3.05, 3.63) is 0 Å². The Morgan fingerprint density at radius 1 is 1.43 bits per heavy atom. The zero-order valence-corrected chi connectivity index (χ0v) is 8.94. The Morgan fingerprint density at radius 2 is 2.21 bits per heavy atom. The fraction of sp³-hybridized carbons (Fsp3) is 0.900.